The van der Waals surface area contributed by atoms with E-state index in [1.54, 1.807) is 12.1 Å². The van der Waals surface area contributed by atoms with E-state index in [0.29, 0.717) is 5.56 Å². The molecule has 0 saturated heterocycles. The number of fused-ring (bicyclic) bond motifs is 1. The zero-order chi connectivity index (χ0) is 20.6. The maximum absolute atomic E-state index is 12.1. The van der Waals surface area contributed by atoms with Gasteiger partial charge in [-0.15, -0.1) is 0 Å². The Kier molecular flexibility index (Phi) is 6.73. The maximum atomic E-state index is 12.1. The van der Waals surface area contributed by atoms with Crippen LogP contribution >= 0.6 is 0 Å². The lowest BCUT2D eigenvalue weighted by Crippen LogP contribution is -2.29. The first kappa shape index (κ1) is 20.3. The topological polar surface area (TPSA) is 59.9 Å². The number of halogens is 2. The zero-order valence-corrected chi connectivity index (χ0v) is 15.7. The first-order valence-corrected chi connectivity index (χ1v) is 8.99. The van der Waals surface area contributed by atoms with Crippen LogP contribution in [0, 0.1) is 0 Å². The van der Waals surface area contributed by atoms with Gasteiger partial charge in [0, 0.05) is 0 Å². The Balaban J connectivity index is 1.47. The number of hydrogen-bond donors (Lipinski definition) is 1. The molecular weight excluding hydrogens is 378 g/mol. The quantitative estimate of drug-likeness (QED) is 0.443. The summed E-state index contributed by atoms with van der Waals surface area (Å²) in [6.45, 7) is -1.21. The molecule has 0 aliphatic heterocycles. The Bertz CT molecular complexity index is 991. The number of alkyl halides is 2. The van der Waals surface area contributed by atoms with Crippen LogP contribution in [0.2, 0.25) is 0 Å². The fourth-order valence-electron chi connectivity index (χ4n) is 2.77. The third-order valence-corrected chi connectivity index (χ3v) is 4.23. The van der Waals surface area contributed by atoms with Crippen molar-refractivity contribution in [1.29, 1.82) is 0 Å². The van der Waals surface area contributed by atoms with E-state index in [9.17, 15) is 13.6 Å². The zero-order valence-electron chi connectivity index (χ0n) is 15.7. The molecule has 0 aliphatic rings. The minimum absolute atomic E-state index is 0.0557. The van der Waals surface area contributed by atoms with Gasteiger partial charge in [-0.1, -0.05) is 41.6 Å². The molecule has 1 N–H and O–H groups in total. The van der Waals surface area contributed by atoms with E-state index in [-0.39, 0.29) is 24.3 Å². The van der Waals surface area contributed by atoms with Crippen molar-refractivity contribution in [2.45, 2.75) is 19.6 Å². The van der Waals surface area contributed by atoms with E-state index in [4.69, 9.17) is 4.84 Å². The van der Waals surface area contributed by atoms with Crippen molar-refractivity contribution in [1.82, 2.24) is 5.32 Å². The first-order valence-electron chi connectivity index (χ1n) is 8.99. The van der Waals surface area contributed by atoms with Crippen LogP contribution in [0.15, 0.2) is 71.9 Å². The smallest absolute Gasteiger partial charge is 0.387 e. The van der Waals surface area contributed by atoms with Crippen molar-refractivity contribution >= 4 is 22.9 Å². The van der Waals surface area contributed by atoms with Crippen LogP contribution in [0.1, 0.15) is 24.1 Å². The number of oxime groups is 1. The van der Waals surface area contributed by atoms with Gasteiger partial charge < -0.3 is 14.9 Å². The van der Waals surface area contributed by atoms with Crippen LogP contribution in [0.25, 0.3) is 10.8 Å². The first-order chi connectivity index (χ1) is 14.0. The molecular formula is C22H20F2N2O3. The van der Waals surface area contributed by atoms with Crippen LogP contribution in [0.3, 0.4) is 0 Å². The van der Waals surface area contributed by atoms with Gasteiger partial charge in [0.1, 0.15) is 5.75 Å². The van der Waals surface area contributed by atoms with Gasteiger partial charge in [0.15, 0.2) is 6.61 Å². The highest BCUT2D eigenvalue weighted by Gasteiger charge is 2.10. The highest BCUT2D eigenvalue weighted by molar-refractivity contribution is 5.83. The van der Waals surface area contributed by atoms with E-state index in [1.165, 1.54) is 18.3 Å². The number of nitrogens with one attached hydrogen (secondary N) is 1. The average Bonchev–Trinajstić information content (AvgIpc) is 2.71. The lowest BCUT2D eigenvalue weighted by molar-refractivity contribution is -0.126. The monoisotopic (exact) mass is 398 g/mol. The highest BCUT2D eigenvalue weighted by atomic mass is 19.3. The van der Waals surface area contributed by atoms with Crippen molar-refractivity contribution in [3.8, 4) is 5.75 Å². The molecule has 0 saturated carbocycles. The molecule has 0 aromatic heterocycles. The summed E-state index contributed by atoms with van der Waals surface area (Å²) in [5.41, 5.74) is 1.61. The maximum Gasteiger partial charge on any atom is 0.387 e. The molecule has 150 valence electrons. The molecule has 3 rings (SSSR count). The molecule has 29 heavy (non-hydrogen) atoms. The third-order valence-electron chi connectivity index (χ3n) is 4.23. The average molecular weight is 398 g/mol. The predicted octanol–water partition coefficient (Wildman–Crippen LogP) is 4.67. The van der Waals surface area contributed by atoms with Crippen LogP contribution in [-0.4, -0.2) is 25.3 Å². The van der Waals surface area contributed by atoms with Crippen LogP contribution in [-0.2, 0) is 9.63 Å². The standard InChI is InChI=1S/C22H20F2N2O3/c1-15(18-9-8-17-4-2-3-5-19(17)12-18)26-21(27)14-28-25-13-16-6-10-20(11-7-16)29-22(23)24/h2-13,15,22H,14H2,1H3,(H,26,27)/b25-13-/t15-/m0/s1. The van der Waals surface area contributed by atoms with Crippen molar-refractivity contribution in [2.75, 3.05) is 6.61 Å². The van der Waals surface area contributed by atoms with Gasteiger partial charge >= 0.3 is 6.61 Å². The second kappa shape index (κ2) is 9.64. The van der Waals surface area contributed by atoms with E-state index >= 15 is 0 Å². The predicted molar refractivity (Wildman–Crippen MR) is 107 cm³/mol. The molecule has 0 heterocycles. The van der Waals surface area contributed by atoms with Crippen LogP contribution < -0.4 is 10.1 Å². The second-order valence-corrected chi connectivity index (χ2v) is 6.35. The summed E-state index contributed by atoms with van der Waals surface area (Å²) < 4.78 is 28.5. The van der Waals surface area contributed by atoms with E-state index < -0.39 is 6.61 Å². The molecule has 0 spiro atoms. The number of amides is 1. The van der Waals surface area contributed by atoms with Gasteiger partial charge in [0.25, 0.3) is 5.91 Å². The van der Waals surface area contributed by atoms with E-state index in [0.717, 1.165) is 16.3 Å². The summed E-state index contributed by atoms with van der Waals surface area (Å²) in [6.07, 6.45) is 1.38. The molecule has 1 amide bonds. The Morgan fingerprint density at radius 3 is 2.52 bits per heavy atom. The number of benzene rings is 3. The number of rotatable bonds is 8. The molecule has 0 radical (unpaired) electrons. The normalized spacial score (nSPS) is 12.3. The Labute approximate surface area is 166 Å². The summed E-state index contributed by atoms with van der Waals surface area (Å²) in [5, 5.41) is 8.83. The number of hydrogen-bond acceptors (Lipinski definition) is 4. The Morgan fingerprint density at radius 2 is 1.79 bits per heavy atom. The van der Waals surface area contributed by atoms with Crippen molar-refractivity contribution in [2.24, 2.45) is 5.16 Å². The largest absolute Gasteiger partial charge is 0.435 e. The number of carbonyl (C=O) groups excluding carboxylic acids is 1. The van der Waals surface area contributed by atoms with Gasteiger partial charge in [-0.3, -0.25) is 4.79 Å². The van der Waals surface area contributed by atoms with Gasteiger partial charge in [0.2, 0.25) is 0 Å². The second-order valence-electron chi connectivity index (χ2n) is 6.35. The Morgan fingerprint density at radius 1 is 1.07 bits per heavy atom. The SMILES string of the molecule is C[C@H](NC(=O)CO/N=C\c1ccc(OC(F)F)cc1)c1ccc2ccccc2c1. The van der Waals surface area contributed by atoms with E-state index in [2.05, 4.69) is 15.2 Å². The molecule has 5 nitrogen and oxygen atoms in total. The molecule has 7 heteroatoms. The van der Waals surface area contributed by atoms with E-state index in [1.807, 2.05) is 49.4 Å². The van der Waals surface area contributed by atoms with Gasteiger partial charge in [-0.05, 0) is 59.2 Å². The number of carbonyl (C=O) groups is 1. The fourth-order valence-corrected chi connectivity index (χ4v) is 2.77. The number of nitrogens with zero attached hydrogens (tertiary/aromatic N) is 1. The molecule has 0 fully saturated rings. The van der Waals surface area contributed by atoms with Crippen molar-refractivity contribution < 1.29 is 23.1 Å². The van der Waals surface area contributed by atoms with Gasteiger partial charge in [-0.2, -0.15) is 8.78 Å². The minimum atomic E-state index is -2.87. The fraction of sp³-hybridized carbons (Fsp3) is 0.182. The summed E-state index contributed by atoms with van der Waals surface area (Å²) in [4.78, 5) is 17.1. The molecule has 0 bridgehead atoms. The van der Waals surface area contributed by atoms with Crippen molar-refractivity contribution in [3.63, 3.8) is 0 Å². The van der Waals surface area contributed by atoms with Gasteiger partial charge in [0.05, 0.1) is 12.3 Å². The summed E-state index contributed by atoms with van der Waals surface area (Å²) in [7, 11) is 0. The van der Waals surface area contributed by atoms with Crippen molar-refractivity contribution in [3.05, 3.63) is 77.9 Å². The van der Waals surface area contributed by atoms with Crippen LogP contribution in [0.5, 0.6) is 5.75 Å². The summed E-state index contributed by atoms with van der Waals surface area (Å²) >= 11 is 0. The molecule has 3 aromatic rings. The molecule has 0 aliphatic carbocycles. The minimum Gasteiger partial charge on any atom is -0.435 e. The third kappa shape index (κ3) is 6.00. The Hall–Kier alpha value is -3.48. The molecule has 0 unspecified atom stereocenters. The molecule has 1 atom stereocenters. The number of ether oxygens (including phenoxy) is 1. The highest BCUT2D eigenvalue weighted by Crippen LogP contribution is 2.20. The van der Waals surface area contributed by atoms with Crippen LogP contribution in [0.4, 0.5) is 8.78 Å². The molecule has 3 aromatic carbocycles. The lowest BCUT2D eigenvalue weighted by Gasteiger charge is -2.14. The summed E-state index contributed by atoms with van der Waals surface area (Å²) in [6, 6.07) is 19.8. The summed E-state index contributed by atoms with van der Waals surface area (Å²) in [5.74, 6) is -0.247. The van der Waals surface area contributed by atoms with Gasteiger partial charge in [-0.25, -0.2) is 0 Å². The lowest BCUT2D eigenvalue weighted by atomic mass is 10.0.